The van der Waals surface area contributed by atoms with Gasteiger partial charge in [0.15, 0.2) is 0 Å². The second-order valence-corrected chi connectivity index (χ2v) is 4.04. The predicted octanol–water partition coefficient (Wildman–Crippen LogP) is 1.92. The summed E-state index contributed by atoms with van der Waals surface area (Å²) in [5.41, 5.74) is 7.40. The van der Waals surface area contributed by atoms with Gasteiger partial charge in [-0.2, -0.15) is 0 Å². The zero-order chi connectivity index (χ0) is 13.5. The van der Waals surface area contributed by atoms with Crippen molar-refractivity contribution in [2.75, 3.05) is 13.7 Å². The van der Waals surface area contributed by atoms with Gasteiger partial charge in [0.2, 0.25) is 5.88 Å². The molecule has 0 fully saturated rings. The van der Waals surface area contributed by atoms with Gasteiger partial charge in [0.05, 0.1) is 24.7 Å². The SMILES string of the molecule is COCCc1ccc(Oc2cnc(CN)cn2)cc1. The number of ether oxygens (including phenoxy) is 2. The summed E-state index contributed by atoms with van der Waals surface area (Å²) >= 11 is 0. The van der Waals surface area contributed by atoms with E-state index in [4.69, 9.17) is 15.2 Å². The Morgan fingerprint density at radius 3 is 2.47 bits per heavy atom. The molecule has 0 atom stereocenters. The lowest BCUT2D eigenvalue weighted by Gasteiger charge is -2.06. The smallest absolute Gasteiger partial charge is 0.237 e. The fourth-order valence-electron chi connectivity index (χ4n) is 1.57. The second kappa shape index (κ2) is 6.82. The normalized spacial score (nSPS) is 10.4. The molecule has 0 aliphatic rings. The van der Waals surface area contributed by atoms with Crippen molar-refractivity contribution in [2.45, 2.75) is 13.0 Å². The minimum atomic E-state index is 0.376. The molecule has 2 rings (SSSR count). The second-order valence-electron chi connectivity index (χ2n) is 4.04. The largest absolute Gasteiger partial charge is 0.438 e. The Kier molecular flexibility index (Phi) is 4.83. The molecular weight excluding hydrogens is 242 g/mol. The Labute approximate surface area is 112 Å². The minimum absolute atomic E-state index is 0.376. The summed E-state index contributed by atoms with van der Waals surface area (Å²) in [6.45, 7) is 1.09. The number of hydrogen-bond acceptors (Lipinski definition) is 5. The molecule has 0 bridgehead atoms. The standard InChI is InChI=1S/C14H17N3O2/c1-18-7-6-11-2-4-13(5-3-11)19-14-10-16-12(8-15)9-17-14/h2-5,9-10H,6-8,15H2,1H3. The van der Waals surface area contributed by atoms with Gasteiger partial charge >= 0.3 is 0 Å². The van der Waals surface area contributed by atoms with Crippen molar-refractivity contribution < 1.29 is 9.47 Å². The maximum absolute atomic E-state index is 5.59. The van der Waals surface area contributed by atoms with Crippen LogP contribution in [0.25, 0.3) is 0 Å². The van der Waals surface area contributed by atoms with Crippen LogP contribution in [0.3, 0.4) is 0 Å². The lowest BCUT2D eigenvalue weighted by atomic mass is 10.1. The Hall–Kier alpha value is -1.98. The molecule has 1 aromatic carbocycles. The van der Waals surface area contributed by atoms with Crippen molar-refractivity contribution in [1.82, 2.24) is 9.97 Å². The van der Waals surface area contributed by atoms with Crippen LogP contribution >= 0.6 is 0 Å². The minimum Gasteiger partial charge on any atom is -0.438 e. The summed E-state index contributed by atoms with van der Waals surface area (Å²) in [6.07, 6.45) is 4.07. The third-order valence-corrected chi connectivity index (χ3v) is 2.63. The van der Waals surface area contributed by atoms with Crippen LogP contribution in [0.1, 0.15) is 11.3 Å². The molecule has 0 unspecified atom stereocenters. The zero-order valence-corrected chi connectivity index (χ0v) is 10.9. The van der Waals surface area contributed by atoms with E-state index in [9.17, 15) is 0 Å². The number of hydrogen-bond donors (Lipinski definition) is 1. The van der Waals surface area contributed by atoms with E-state index in [-0.39, 0.29) is 0 Å². The number of aromatic nitrogens is 2. The van der Waals surface area contributed by atoms with Crippen molar-refractivity contribution in [1.29, 1.82) is 0 Å². The summed E-state index contributed by atoms with van der Waals surface area (Å²) < 4.78 is 10.6. The number of nitrogens with two attached hydrogens (primary N) is 1. The van der Waals surface area contributed by atoms with E-state index in [1.165, 1.54) is 5.56 Å². The fraction of sp³-hybridized carbons (Fsp3) is 0.286. The van der Waals surface area contributed by atoms with Gasteiger partial charge in [-0.15, -0.1) is 0 Å². The number of methoxy groups -OCH3 is 1. The van der Waals surface area contributed by atoms with Gasteiger partial charge in [-0.1, -0.05) is 12.1 Å². The number of nitrogens with zero attached hydrogens (tertiary/aromatic N) is 2. The molecule has 19 heavy (non-hydrogen) atoms. The lowest BCUT2D eigenvalue weighted by molar-refractivity contribution is 0.202. The molecule has 0 amide bonds. The molecule has 1 heterocycles. The van der Waals surface area contributed by atoms with Crippen LogP contribution in [0.2, 0.25) is 0 Å². The van der Waals surface area contributed by atoms with E-state index < -0.39 is 0 Å². The van der Waals surface area contributed by atoms with E-state index in [0.717, 1.165) is 17.9 Å². The molecule has 2 aromatic rings. The molecule has 0 aliphatic carbocycles. The Morgan fingerprint density at radius 1 is 1.11 bits per heavy atom. The van der Waals surface area contributed by atoms with Crippen LogP contribution in [-0.4, -0.2) is 23.7 Å². The maximum atomic E-state index is 5.59. The molecule has 2 N–H and O–H groups in total. The molecular formula is C14H17N3O2. The third-order valence-electron chi connectivity index (χ3n) is 2.63. The highest BCUT2D eigenvalue weighted by atomic mass is 16.5. The summed E-state index contributed by atoms with van der Waals surface area (Å²) in [5.74, 6) is 1.19. The van der Waals surface area contributed by atoms with E-state index in [1.54, 1.807) is 19.5 Å². The first-order valence-electron chi connectivity index (χ1n) is 6.08. The van der Waals surface area contributed by atoms with E-state index in [1.807, 2.05) is 24.3 Å². The molecule has 5 nitrogen and oxygen atoms in total. The highest BCUT2D eigenvalue weighted by molar-refractivity contribution is 5.30. The van der Waals surface area contributed by atoms with Crippen LogP contribution < -0.4 is 10.5 Å². The van der Waals surface area contributed by atoms with E-state index >= 15 is 0 Å². The van der Waals surface area contributed by atoms with E-state index in [0.29, 0.717) is 19.0 Å². The molecule has 0 saturated heterocycles. The average Bonchev–Trinajstić information content (AvgIpc) is 2.47. The molecule has 5 heteroatoms. The van der Waals surface area contributed by atoms with Crippen LogP contribution in [0.5, 0.6) is 11.6 Å². The van der Waals surface area contributed by atoms with Crippen LogP contribution in [0, 0.1) is 0 Å². The molecule has 0 spiro atoms. The molecule has 0 saturated carbocycles. The van der Waals surface area contributed by atoms with Gasteiger partial charge in [-0.05, 0) is 24.1 Å². The first-order chi connectivity index (χ1) is 9.31. The van der Waals surface area contributed by atoms with Gasteiger partial charge in [0.25, 0.3) is 0 Å². The van der Waals surface area contributed by atoms with Crippen molar-refractivity contribution in [3.8, 4) is 11.6 Å². The topological polar surface area (TPSA) is 70.3 Å². The summed E-state index contributed by atoms with van der Waals surface area (Å²) in [6, 6.07) is 7.83. The first kappa shape index (κ1) is 13.5. The van der Waals surface area contributed by atoms with E-state index in [2.05, 4.69) is 9.97 Å². The van der Waals surface area contributed by atoms with Gasteiger partial charge in [0, 0.05) is 13.7 Å². The number of benzene rings is 1. The quantitative estimate of drug-likeness (QED) is 0.858. The molecule has 100 valence electrons. The third kappa shape index (κ3) is 4.01. The summed E-state index contributed by atoms with van der Waals surface area (Å²) in [7, 11) is 1.70. The zero-order valence-electron chi connectivity index (χ0n) is 10.9. The van der Waals surface area contributed by atoms with Crippen LogP contribution in [-0.2, 0) is 17.7 Å². The summed E-state index contributed by atoms with van der Waals surface area (Å²) in [4.78, 5) is 8.25. The van der Waals surface area contributed by atoms with Gasteiger partial charge in [-0.3, -0.25) is 4.98 Å². The predicted molar refractivity (Wildman–Crippen MR) is 72.0 cm³/mol. The Balaban J connectivity index is 1.98. The van der Waals surface area contributed by atoms with Gasteiger partial charge in [0.1, 0.15) is 5.75 Å². The molecule has 1 aromatic heterocycles. The Bertz CT molecular complexity index is 497. The highest BCUT2D eigenvalue weighted by Crippen LogP contribution is 2.19. The van der Waals surface area contributed by atoms with Gasteiger partial charge in [-0.25, -0.2) is 4.98 Å². The summed E-state index contributed by atoms with van der Waals surface area (Å²) in [5, 5.41) is 0. The Morgan fingerprint density at radius 2 is 1.89 bits per heavy atom. The number of rotatable bonds is 6. The lowest BCUT2D eigenvalue weighted by Crippen LogP contribution is -2.00. The van der Waals surface area contributed by atoms with Crippen LogP contribution in [0.15, 0.2) is 36.7 Å². The molecule has 0 radical (unpaired) electrons. The van der Waals surface area contributed by atoms with Crippen molar-refractivity contribution in [3.63, 3.8) is 0 Å². The van der Waals surface area contributed by atoms with Crippen molar-refractivity contribution in [2.24, 2.45) is 5.73 Å². The monoisotopic (exact) mass is 259 g/mol. The highest BCUT2D eigenvalue weighted by Gasteiger charge is 2.00. The van der Waals surface area contributed by atoms with Crippen molar-refractivity contribution in [3.05, 3.63) is 47.9 Å². The fourth-order valence-corrected chi connectivity index (χ4v) is 1.57. The average molecular weight is 259 g/mol. The van der Waals surface area contributed by atoms with Crippen LogP contribution in [0.4, 0.5) is 0 Å². The van der Waals surface area contributed by atoms with Crippen molar-refractivity contribution >= 4 is 0 Å². The van der Waals surface area contributed by atoms with Gasteiger partial charge < -0.3 is 15.2 Å². The first-order valence-corrected chi connectivity index (χ1v) is 6.08. The maximum Gasteiger partial charge on any atom is 0.237 e. The molecule has 0 aliphatic heterocycles.